The minimum absolute atomic E-state index is 0.0839. The summed E-state index contributed by atoms with van der Waals surface area (Å²) in [6.07, 6.45) is 66.2. The number of phosphoric ester groups is 2. The number of unbranched alkanes of at least 4 members (excludes halogenated alkanes) is 44. The van der Waals surface area contributed by atoms with Gasteiger partial charge in [0, 0.05) is 25.7 Å². The van der Waals surface area contributed by atoms with E-state index in [1.807, 2.05) is 0 Å². The van der Waals surface area contributed by atoms with Gasteiger partial charge in [0.25, 0.3) is 0 Å². The van der Waals surface area contributed by atoms with E-state index in [1.165, 1.54) is 205 Å². The fourth-order valence-electron chi connectivity index (χ4n) is 12.4. The lowest BCUT2D eigenvalue weighted by Gasteiger charge is -2.21. The molecule has 0 aliphatic rings. The second-order valence-corrected chi connectivity index (χ2v) is 33.6. The molecule has 0 saturated carbocycles. The molecule has 0 aliphatic carbocycles. The van der Waals surface area contributed by atoms with Crippen LogP contribution in [0.15, 0.2) is 24.3 Å². The molecule has 0 heterocycles. The Labute approximate surface area is 631 Å². The minimum Gasteiger partial charge on any atom is -0.462 e. The molecule has 0 fully saturated rings. The summed E-state index contributed by atoms with van der Waals surface area (Å²) in [4.78, 5) is 73.0. The van der Waals surface area contributed by atoms with Gasteiger partial charge in [-0.15, -0.1) is 0 Å². The number of hydrogen-bond acceptors (Lipinski definition) is 15. The van der Waals surface area contributed by atoms with E-state index < -0.39 is 97.5 Å². The fourth-order valence-corrected chi connectivity index (χ4v) is 14.0. The molecule has 0 aromatic heterocycles. The first-order chi connectivity index (χ1) is 49.8. The molecular formula is C84H160O17P2. The molecule has 6 atom stereocenters. The summed E-state index contributed by atoms with van der Waals surface area (Å²) in [6, 6.07) is 0. The lowest BCUT2D eigenvalue weighted by molar-refractivity contribution is -0.161. The van der Waals surface area contributed by atoms with Crippen LogP contribution in [0.2, 0.25) is 0 Å². The van der Waals surface area contributed by atoms with Gasteiger partial charge in [-0.25, -0.2) is 9.13 Å². The number of rotatable bonds is 80. The van der Waals surface area contributed by atoms with Crippen LogP contribution in [0.1, 0.15) is 414 Å². The predicted molar refractivity (Wildman–Crippen MR) is 423 cm³/mol. The summed E-state index contributed by atoms with van der Waals surface area (Å²) in [7, 11) is -9.94. The van der Waals surface area contributed by atoms with E-state index in [0.29, 0.717) is 31.6 Å². The van der Waals surface area contributed by atoms with E-state index in [2.05, 4.69) is 72.8 Å². The fraction of sp³-hybridized carbons (Fsp3) is 0.905. The standard InChI is InChI=1S/C84H160O17P2/c1-8-10-11-12-13-14-15-16-21-29-34-39-44-53-60-68-84(89)101-80(72-95-82(87)66-59-52-47-46-49-56-63-76(5)6)74-99-103(92,93)97-70-78(85)69-96-102(90,91)98-73-79(100-83(88)67-61-54-45-40-35-30-25-24-26-31-36-41-48-55-62-75(3)4)71-94-81(86)65-58-51-43-38-33-28-23-20-18-17-19-22-27-32-37-42-50-57-64-77(7)9-2/h14-16,21,75-80,85H,8-13,17-20,22-74H2,1-7H3,(H,90,91)(H,92,93)/b15-14-,21-16-/t77?,78-,79-,80-/m1/s1. The Balaban J connectivity index is 5.23. The van der Waals surface area contributed by atoms with Crippen molar-refractivity contribution in [2.75, 3.05) is 39.6 Å². The van der Waals surface area contributed by atoms with Gasteiger partial charge in [-0.2, -0.15) is 0 Å². The molecule has 19 heteroatoms. The van der Waals surface area contributed by atoms with Crippen LogP contribution >= 0.6 is 15.6 Å². The molecule has 0 amide bonds. The summed E-state index contributed by atoms with van der Waals surface area (Å²) in [5.41, 5.74) is 0. The number of esters is 4. The zero-order valence-corrected chi connectivity index (χ0v) is 69.1. The molecule has 0 aromatic rings. The Hall–Kier alpha value is -2.46. The molecule has 0 spiro atoms. The van der Waals surface area contributed by atoms with E-state index in [-0.39, 0.29) is 25.7 Å². The second kappa shape index (κ2) is 73.7. The van der Waals surface area contributed by atoms with Crippen molar-refractivity contribution in [3.8, 4) is 0 Å². The minimum atomic E-state index is -4.97. The van der Waals surface area contributed by atoms with E-state index in [1.54, 1.807) is 0 Å². The summed E-state index contributed by atoms with van der Waals surface area (Å²) in [6.45, 7) is 11.9. The zero-order chi connectivity index (χ0) is 75.8. The molecule has 103 heavy (non-hydrogen) atoms. The maximum absolute atomic E-state index is 13.1. The quantitative estimate of drug-likeness (QED) is 0.0169. The molecule has 0 aromatic carbocycles. The average molecular weight is 1500 g/mol. The van der Waals surface area contributed by atoms with Crippen molar-refractivity contribution in [3.05, 3.63) is 24.3 Å². The smallest absolute Gasteiger partial charge is 0.462 e. The van der Waals surface area contributed by atoms with Gasteiger partial charge in [0.15, 0.2) is 12.2 Å². The lowest BCUT2D eigenvalue weighted by atomic mass is 9.99. The first-order valence-corrected chi connectivity index (χ1v) is 45.7. The number of ether oxygens (including phenoxy) is 4. The van der Waals surface area contributed by atoms with Gasteiger partial charge in [0.2, 0.25) is 0 Å². The highest BCUT2D eigenvalue weighted by molar-refractivity contribution is 7.47. The largest absolute Gasteiger partial charge is 0.472 e. The van der Waals surface area contributed by atoms with Crippen LogP contribution in [0, 0.1) is 17.8 Å². The number of carbonyl (C=O) groups excluding carboxylic acids is 4. The zero-order valence-electron chi connectivity index (χ0n) is 67.3. The first kappa shape index (κ1) is 101. The Kier molecular flexibility index (Phi) is 71.9. The first-order valence-electron chi connectivity index (χ1n) is 42.7. The number of aliphatic hydroxyl groups excluding tert-OH is 1. The Morgan fingerprint density at radius 1 is 0.320 bits per heavy atom. The number of phosphoric acid groups is 2. The van der Waals surface area contributed by atoms with Crippen LogP contribution in [-0.2, 0) is 65.4 Å². The number of allylic oxidation sites excluding steroid dienone is 4. The summed E-state index contributed by atoms with van der Waals surface area (Å²) < 4.78 is 68.7. The molecule has 0 saturated heterocycles. The van der Waals surface area contributed by atoms with E-state index >= 15 is 0 Å². The van der Waals surface area contributed by atoms with Crippen molar-refractivity contribution in [1.29, 1.82) is 0 Å². The number of hydrogen-bond donors (Lipinski definition) is 3. The number of carbonyl (C=O) groups is 4. The maximum atomic E-state index is 13.1. The molecule has 17 nitrogen and oxygen atoms in total. The van der Waals surface area contributed by atoms with Crippen LogP contribution in [0.5, 0.6) is 0 Å². The van der Waals surface area contributed by atoms with Gasteiger partial charge in [-0.05, 0) is 69.1 Å². The molecule has 3 N–H and O–H groups in total. The van der Waals surface area contributed by atoms with Crippen molar-refractivity contribution in [2.45, 2.75) is 433 Å². The van der Waals surface area contributed by atoms with Gasteiger partial charge in [-0.1, -0.05) is 362 Å². The molecule has 0 aliphatic heterocycles. The Bertz CT molecular complexity index is 2090. The van der Waals surface area contributed by atoms with Crippen molar-refractivity contribution in [3.63, 3.8) is 0 Å². The Morgan fingerprint density at radius 3 is 0.864 bits per heavy atom. The highest BCUT2D eigenvalue weighted by atomic mass is 31.2. The van der Waals surface area contributed by atoms with E-state index in [0.717, 1.165) is 121 Å². The molecule has 0 bridgehead atoms. The summed E-state index contributed by atoms with van der Waals surface area (Å²) in [5.74, 6) is 0.201. The second-order valence-electron chi connectivity index (χ2n) is 30.7. The third-order valence-corrected chi connectivity index (χ3v) is 21.3. The SMILES string of the molecule is CCCCCC/C=C\C=C/CCCCCCCC(=O)O[C@H](COC(=O)CCCCCCCCC(C)C)COP(=O)(O)OC[C@H](O)COP(=O)(O)OC[C@@H](COC(=O)CCCCCCCCCCCCCCCCCCCCC(C)CC)OC(=O)CCCCCCCCCCCCCCCCC(C)C. The van der Waals surface area contributed by atoms with Crippen LogP contribution in [0.3, 0.4) is 0 Å². The highest BCUT2D eigenvalue weighted by Gasteiger charge is 2.30. The van der Waals surface area contributed by atoms with Crippen molar-refractivity contribution < 1.29 is 80.2 Å². The van der Waals surface area contributed by atoms with E-state index in [9.17, 15) is 43.2 Å². The third-order valence-electron chi connectivity index (χ3n) is 19.4. The van der Waals surface area contributed by atoms with Gasteiger partial charge in [-0.3, -0.25) is 37.3 Å². The molecular weight excluding hydrogens is 1340 g/mol. The van der Waals surface area contributed by atoms with Crippen LogP contribution in [-0.4, -0.2) is 96.7 Å². The average Bonchev–Trinajstić information content (AvgIpc) is 1.29. The summed E-state index contributed by atoms with van der Waals surface area (Å²) in [5, 5.41) is 10.6. The molecule has 0 radical (unpaired) electrons. The third kappa shape index (κ3) is 76.1. The molecule has 608 valence electrons. The van der Waals surface area contributed by atoms with Crippen molar-refractivity contribution >= 4 is 39.5 Å². The van der Waals surface area contributed by atoms with Crippen LogP contribution in [0.4, 0.5) is 0 Å². The predicted octanol–water partition coefficient (Wildman–Crippen LogP) is 24.9. The molecule has 0 rings (SSSR count). The molecule has 3 unspecified atom stereocenters. The van der Waals surface area contributed by atoms with Crippen LogP contribution in [0.25, 0.3) is 0 Å². The maximum Gasteiger partial charge on any atom is 0.472 e. The van der Waals surface area contributed by atoms with Gasteiger partial charge in [0.05, 0.1) is 26.4 Å². The van der Waals surface area contributed by atoms with Gasteiger partial charge in [0.1, 0.15) is 19.3 Å². The van der Waals surface area contributed by atoms with Gasteiger partial charge < -0.3 is 33.8 Å². The summed E-state index contributed by atoms with van der Waals surface area (Å²) >= 11 is 0. The van der Waals surface area contributed by atoms with Crippen molar-refractivity contribution in [1.82, 2.24) is 0 Å². The lowest BCUT2D eigenvalue weighted by Crippen LogP contribution is -2.30. The van der Waals surface area contributed by atoms with Crippen LogP contribution < -0.4 is 0 Å². The number of aliphatic hydroxyl groups is 1. The van der Waals surface area contributed by atoms with Gasteiger partial charge >= 0.3 is 39.5 Å². The van der Waals surface area contributed by atoms with E-state index in [4.69, 9.17) is 37.0 Å². The van der Waals surface area contributed by atoms with Crippen molar-refractivity contribution in [2.24, 2.45) is 17.8 Å². The normalized spacial score (nSPS) is 14.3. The highest BCUT2D eigenvalue weighted by Crippen LogP contribution is 2.45. The topological polar surface area (TPSA) is 237 Å². The monoisotopic (exact) mass is 1500 g/mol. The Morgan fingerprint density at radius 2 is 0.573 bits per heavy atom.